The van der Waals surface area contributed by atoms with Gasteiger partial charge < -0.3 is 4.74 Å². The Labute approximate surface area is 161 Å². The van der Waals surface area contributed by atoms with Crippen molar-refractivity contribution in [3.63, 3.8) is 0 Å². The van der Waals surface area contributed by atoms with E-state index in [1.54, 1.807) is 6.21 Å². The number of aliphatic imine (C=N–C) groups is 1. The number of nitrogens with zero attached hydrogens (tertiary/aromatic N) is 1. The molecule has 0 aliphatic carbocycles. The van der Waals surface area contributed by atoms with Crippen molar-refractivity contribution in [1.82, 2.24) is 0 Å². The van der Waals surface area contributed by atoms with Crippen LogP contribution < -0.4 is 4.74 Å². The van der Waals surface area contributed by atoms with Gasteiger partial charge in [0.2, 0.25) is 0 Å². The van der Waals surface area contributed by atoms with Crippen LogP contribution in [0.1, 0.15) is 16.7 Å². The molecule has 0 fully saturated rings. The van der Waals surface area contributed by atoms with Crippen LogP contribution in [-0.4, -0.2) is 6.21 Å². The third-order valence-corrected chi connectivity index (χ3v) is 4.62. The molecule has 3 aromatic carbocycles. The SMILES string of the molecule is Cc1ccc(N=Cc2cc(Br)ccc2OCc2ccccc2)cc1Cl. The first kappa shape index (κ1) is 17.7. The molecule has 2 nitrogen and oxygen atoms in total. The molecule has 0 N–H and O–H groups in total. The van der Waals surface area contributed by atoms with Crippen molar-refractivity contribution in [3.8, 4) is 5.75 Å². The number of hydrogen-bond donors (Lipinski definition) is 0. The lowest BCUT2D eigenvalue weighted by molar-refractivity contribution is 0.306. The van der Waals surface area contributed by atoms with E-state index < -0.39 is 0 Å². The molecular formula is C21H17BrClNO. The standard InChI is InChI=1S/C21H17BrClNO/c1-15-7-9-19(12-20(15)23)24-13-17-11-18(22)8-10-21(17)25-14-16-5-3-2-4-6-16/h2-13H,14H2,1H3. The van der Waals surface area contributed by atoms with Gasteiger partial charge in [0.1, 0.15) is 12.4 Å². The van der Waals surface area contributed by atoms with Crippen LogP contribution in [0.15, 0.2) is 76.2 Å². The normalized spacial score (nSPS) is 11.0. The van der Waals surface area contributed by atoms with E-state index >= 15 is 0 Å². The Kier molecular flexibility index (Phi) is 5.90. The second-order valence-corrected chi connectivity index (χ2v) is 6.97. The zero-order valence-corrected chi connectivity index (χ0v) is 16.1. The van der Waals surface area contributed by atoms with Crippen molar-refractivity contribution in [2.45, 2.75) is 13.5 Å². The molecule has 3 aromatic rings. The molecular weight excluding hydrogens is 398 g/mol. The van der Waals surface area contributed by atoms with Crippen molar-refractivity contribution < 1.29 is 4.74 Å². The third kappa shape index (κ3) is 4.94. The fraction of sp³-hybridized carbons (Fsp3) is 0.0952. The minimum atomic E-state index is 0.514. The lowest BCUT2D eigenvalue weighted by Gasteiger charge is -2.10. The van der Waals surface area contributed by atoms with Crippen molar-refractivity contribution >= 4 is 39.4 Å². The Hall–Kier alpha value is -2.10. The zero-order valence-electron chi connectivity index (χ0n) is 13.7. The summed E-state index contributed by atoms with van der Waals surface area (Å²) in [5, 5.41) is 0.712. The van der Waals surface area contributed by atoms with Crippen LogP contribution in [0.5, 0.6) is 5.75 Å². The molecule has 0 unspecified atom stereocenters. The van der Waals surface area contributed by atoms with Gasteiger partial charge in [0.15, 0.2) is 0 Å². The van der Waals surface area contributed by atoms with Gasteiger partial charge in [0.25, 0.3) is 0 Å². The highest BCUT2D eigenvalue weighted by Crippen LogP contribution is 2.25. The fourth-order valence-corrected chi connectivity index (χ4v) is 2.85. The first-order valence-electron chi connectivity index (χ1n) is 7.88. The molecule has 0 aliphatic rings. The van der Waals surface area contributed by atoms with Gasteiger partial charge in [-0.2, -0.15) is 0 Å². The van der Waals surface area contributed by atoms with Crippen molar-refractivity contribution in [2.24, 2.45) is 4.99 Å². The molecule has 0 aliphatic heterocycles. The highest BCUT2D eigenvalue weighted by molar-refractivity contribution is 9.10. The van der Waals surface area contributed by atoms with Crippen LogP contribution in [0.4, 0.5) is 5.69 Å². The molecule has 0 saturated heterocycles. The summed E-state index contributed by atoms with van der Waals surface area (Å²) in [7, 11) is 0. The van der Waals surface area contributed by atoms with E-state index in [0.717, 1.165) is 32.6 Å². The zero-order chi connectivity index (χ0) is 17.6. The Balaban J connectivity index is 1.81. The minimum absolute atomic E-state index is 0.514. The van der Waals surface area contributed by atoms with E-state index in [0.29, 0.717) is 11.6 Å². The lowest BCUT2D eigenvalue weighted by atomic mass is 10.2. The summed E-state index contributed by atoms with van der Waals surface area (Å²) in [5.41, 5.74) is 3.88. The topological polar surface area (TPSA) is 21.6 Å². The molecule has 3 rings (SSSR count). The van der Waals surface area contributed by atoms with Gasteiger partial charge in [-0.15, -0.1) is 0 Å². The quantitative estimate of drug-likeness (QED) is 0.424. The van der Waals surface area contributed by atoms with Crippen molar-refractivity contribution in [1.29, 1.82) is 0 Å². The molecule has 0 aromatic heterocycles. The molecule has 4 heteroatoms. The number of rotatable bonds is 5. The monoisotopic (exact) mass is 413 g/mol. The molecule has 25 heavy (non-hydrogen) atoms. The van der Waals surface area contributed by atoms with Crippen LogP contribution >= 0.6 is 27.5 Å². The van der Waals surface area contributed by atoms with Gasteiger partial charge in [-0.05, 0) is 48.4 Å². The maximum atomic E-state index is 6.16. The van der Waals surface area contributed by atoms with E-state index in [1.165, 1.54) is 0 Å². The van der Waals surface area contributed by atoms with E-state index in [1.807, 2.05) is 73.7 Å². The van der Waals surface area contributed by atoms with E-state index in [2.05, 4.69) is 20.9 Å². The highest BCUT2D eigenvalue weighted by atomic mass is 79.9. The molecule has 0 amide bonds. The Morgan fingerprint density at radius 3 is 2.60 bits per heavy atom. The van der Waals surface area contributed by atoms with Gasteiger partial charge in [-0.3, -0.25) is 4.99 Å². The van der Waals surface area contributed by atoms with E-state index in [-0.39, 0.29) is 0 Å². The van der Waals surface area contributed by atoms with Gasteiger partial charge >= 0.3 is 0 Å². The number of hydrogen-bond acceptors (Lipinski definition) is 2. The van der Waals surface area contributed by atoms with Crippen LogP contribution in [0.2, 0.25) is 5.02 Å². The molecule has 126 valence electrons. The summed E-state index contributed by atoms with van der Waals surface area (Å²) in [6.07, 6.45) is 1.80. The van der Waals surface area contributed by atoms with Gasteiger partial charge in [0.05, 0.1) is 5.69 Å². The molecule has 0 bridgehead atoms. The maximum Gasteiger partial charge on any atom is 0.128 e. The minimum Gasteiger partial charge on any atom is -0.488 e. The third-order valence-electron chi connectivity index (χ3n) is 3.72. The molecule has 0 radical (unpaired) electrons. The molecule has 0 atom stereocenters. The van der Waals surface area contributed by atoms with Crippen molar-refractivity contribution in [2.75, 3.05) is 0 Å². The first-order chi connectivity index (χ1) is 12.1. The van der Waals surface area contributed by atoms with Crippen LogP contribution in [0.25, 0.3) is 0 Å². The fourth-order valence-electron chi connectivity index (χ4n) is 2.29. The summed E-state index contributed by atoms with van der Waals surface area (Å²) in [6.45, 7) is 2.49. The van der Waals surface area contributed by atoms with Crippen LogP contribution in [-0.2, 0) is 6.61 Å². The Morgan fingerprint density at radius 2 is 1.84 bits per heavy atom. The van der Waals surface area contributed by atoms with Gasteiger partial charge in [-0.25, -0.2) is 0 Å². The predicted octanol–water partition coefficient (Wildman–Crippen LogP) is 6.74. The summed E-state index contributed by atoms with van der Waals surface area (Å²) in [5.74, 6) is 0.786. The maximum absolute atomic E-state index is 6.16. The van der Waals surface area contributed by atoms with Crippen LogP contribution in [0, 0.1) is 6.92 Å². The largest absolute Gasteiger partial charge is 0.488 e. The second-order valence-electron chi connectivity index (χ2n) is 5.65. The van der Waals surface area contributed by atoms with E-state index in [4.69, 9.17) is 16.3 Å². The van der Waals surface area contributed by atoms with Crippen LogP contribution in [0.3, 0.4) is 0 Å². The Bertz CT molecular complexity index is 894. The van der Waals surface area contributed by atoms with Gasteiger partial charge in [0, 0.05) is 21.3 Å². The van der Waals surface area contributed by atoms with E-state index in [9.17, 15) is 0 Å². The summed E-state index contributed by atoms with van der Waals surface area (Å²) in [4.78, 5) is 4.52. The number of ether oxygens (including phenoxy) is 1. The van der Waals surface area contributed by atoms with Gasteiger partial charge in [-0.1, -0.05) is 63.9 Å². The lowest BCUT2D eigenvalue weighted by Crippen LogP contribution is -1.98. The first-order valence-corrected chi connectivity index (χ1v) is 9.05. The predicted molar refractivity (Wildman–Crippen MR) is 108 cm³/mol. The van der Waals surface area contributed by atoms with Crippen molar-refractivity contribution in [3.05, 3.63) is 92.9 Å². The Morgan fingerprint density at radius 1 is 1.04 bits per heavy atom. The molecule has 0 spiro atoms. The number of halogens is 2. The number of aryl methyl sites for hydroxylation is 1. The second kappa shape index (κ2) is 8.32. The average Bonchev–Trinajstić information content (AvgIpc) is 2.63. The average molecular weight is 415 g/mol. The summed E-state index contributed by atoms with van der Waals surface area (Å²) in [6, 6.07) is 21.7. The molecule has 0 heterocycles. The summed E-state index contributed by atoms with van der Waals surface area (Å²) < 4.78 is 6.95. The number of benzene rings is 3. The smallest absolute Gasteiger partial charge is 0.128 e. The highest BCUT2D eigenvalue weighted by Gasteiger charge is 2.04. The molecule has 0 saturated carbocycles. The summed E-state index contributed by atoms with van der Waals surface area (Å²) >= 11 is 9.66.